The molecule has 0 saturated heterocycles. The number of amides is 3. The molecule has 12 heteroatoms. The van der Waals surface area contributed by atoms with Gasteiger partial charge in [0.2, 0.25) is 17.7 Å². The molecule has 0 aromatic heterocycles. The molecule has 0 bridgehead atoms. The number of hydrogen-bond donors (Lipinski definition) is 7. The third-order valence-electron chi connectivity index (χ3n) is 4.96. The highest BCUT2D eigenvalue weighted by atomic mass is 32.1. The molecule has 4 unspecified atom stereocenters. The van der Waals surface area contributed by atoms with E-state index >= 15 is 0 Å². The third kappa shape index (κ3) is 9.79. The fourth-order valence-electron chi connectivity index (χ4n) is 3.01. The second-order valence-corrected chi connectivity index (χ2v) is 8.47. The molecule has 0 aliphatic rings. The number of thiol groups is 1. The van der Waals surface area contributed by atoms with Crippen molar-refractivity contribution >= 4 is 42.3 Å². The van der Waals surface area contributed by atoms with Crippen molar-refractivity contribution in [1.29, 1.82) is 0 Å². The summed E-state index contributed by atoms with van der Waals surface area (Å²) >= 11 is 4.04. The molecule has 3 amide bonds. The number of benzene rings is 1. The molecule has 0 aliphatic heterocycles. The fourth-order valence-corrected chi connectivity index (χ4v) is 3.27. The topological polar surface area (TPSA) is 188 Å². The van der Waals surface area contributed by atoms with E-state index in [4.69, 9.17) is 10.8 Å². The van der Waals surface area contributed by atoms with E-state index in [1.807, 2.05) is 30.3 Å². The summed E-state index contributed by atoms with van der Waals surface area (Å²) in [4.78, 5) is 59.9. The average Bonchev–Trinajstić information content (AvgIpc) is 2.77. The molecular formula is C22H32N4O7S. The van der Waals surface area contributed by atoms with Crippen LogP contribution in [0.3, 0.4) is 0 Å². The number of carbonyl (C=O) groups excluding carboxylic acids is 3. The van der Waals surface area contributed by atoms with Crippen LogP contribution in [0.5, 0.6) is 0 Å². The summed E-state index contributed by atoms with van der Waals surface area (Å²) in [6.07, 6.45) is -0.513. The maximum absolute atomic E-state index is 12.8. The van der Waals surface area contributed by atoms with Crippen molar-refractivity contribution in [3.8, 4) is 0 Å². The Morgan fingerprint density at radius 2 is 1.50 bits per heavy atom. The molecular weight excluding hydrogens is 464 g/mol. The number of aliphatic carboxylic acids is 2. The first kappa shape index (κ1) is 28.9. The summed E-state index contributed by atoms with van der Waals surface area (Å²) in [5, 5.41) is 25.2. The van der Waals surface area contributed by atoms with Gasteiger partial charge in [0.25, 0.3) is 0 Å². The van der Waals surface area contributed by atoms with Crippen LogP contribution in [0.2, 0.25) is 0 Å². The van der Waals surface area contributed by atoms with Crippen molar-refractivity contribution in [3.05, 3.63) is 35.9 Å². The van der Waals surface area contributed by atoms with E-state index < -0.39 is 60.2 Å². The summed E-state index contributed by atoms with van der Waals surface area (Å²) in [6.45, 7) is 3.41. The van der Waals surface area contributed by atoms with Crippen molar-refractivity contribution in [1.82, 2.24) is 16.0 Å². The average molecular weight is 497 g/mol. The number of carbonyl (C=O) groups is 5. The van der Waals surface area contributed by atoms with Crippen molar-refractivity contribution in [2.24, 2.45) is 11.7 Å². The van der Waals surface area contributed by atoms with Crippen LogP contribution in [0.1, 0.15) is 32.3 Å². The lowest BCUT2D eigenvalue weighted by Gasteiger charge is -2.26. The Morgan fingerprint density at radius 1 is 0.912 bits per heavy atom. The maximum Gasteiger partial charge on any atom is 0.326 e. The van der Waals surface area contributed by atoms with E-state index in [9.17, 15) is 29.1 Å². The van der Waals surface area contributed by atoms with Gasteiger partial charge in [0, 0.05) is 12.2 Å². The SMILES string of the molecule is CC(C)C(NC(=O)C(N)Cc1ccccc1)C(=O)NC(CS)C(=O)NC(CCC(=O)O)C(=O)O. The Labute approximate surface area is 203 Å². The zero-order chi connectivity index (χ0) is 25.8. The minimum atomic E-state index is -1.44. The number of nitrogens with one attached hydrogen (secondary N) is 3. The molecule has 34 heavy (non-hydrogen) atoms. The highest BCUT2D eigenvalue weighted by Gasteiger charge is 2.31. The summed E-state index contributed by atoms with van der Waals surface area (Å²) in [5.41, 5.74) is 6.85. The van der Waals surface area contributed by atoms with E-state index in [-0.39, 0.29) is 24.5 Å². The number of carboxylic acids is 2. The van der Waals surface area contributed by atoms with Crippen LogP contribution in [-0.2, 0) is 30.4 Å². The van der Waals surface area contributed by atoms with Crippen LogP contribution in [0.25, 0.3) is 0 Å². The second-order valence-electron chi connectivity index (χ2n) is 8.10. The zero-order valence-corrected chi connectivity index (χ0v) is 20.0. The van der Waals surface area contributed by atoms with Gasteiger partial charge in [-0.05, 0) is 24.3 Å². The van der Waals surface area contributed by atoms with Crippen molar-refractivity contribution in [2.75, 3.05) is 5.75 Å². The van der Waals surface area contributed by atoms with Crippen molar-refractivity contribution in [2.45, 2.75) is 57.3 Å². The van der Waals surface area contributed by atoms with Crippen LogP contribution in [0, 0.1) is 5.92 Å². The minimum Gasteiger partial charge on any atom is -0.481 e. The third-order valence-corrected chi connectivity index (χ3v) is 5.32. The number of rotatable bonds is 14. The number of nitrogens with two attached hydrogens (primary N) is 1. The highest BCUT2D eigenvalue weighted by Crippen LogP contribution is 2.07. The first-order valence-electron chi connectivity index (χ1n) is 10.7. The lowest BCUT2D eigenvalue weighted by Crippen LogP contribution is -2.59. The molecule has 0 aliphatic carbocycles. The summed E-state index contributed by atoms with van der Waals surface area (Å²) in [7, 11) is 0. The Hall–Kier alpha value is -3.12. The molecule has 0 spiro atoms. The van der Waals surface area contributed by atoms with Gasteiger partial charge >= 0.3 is 11.9 Å². The molecule has 0 fully saturated rings. The molecule has 7 N–H and O–H groups in total. The molecule has 0 saturated carbocycles. The lowest BCUT2D eigenvalue weighted by molar-refractivity contribution is -0.143. The highest BCUT2D eigenvalue weighted by molar-refractivity contribution is 7.80. The summed E-state index contributed by atoms with van der Waals surface area (Å²) < 4.78 is 0. The maximum atomic E-state index is 12.8. The van der Waals surface area contributed by atoms with Gasteiger partial charge in [-0.2, -0.15) is 12.6 Å². The molecule has 1 aromatic carbocycles. The quantitative estimate of drug-likeness (QED) is 0.169. The van der Waals surface area contributed by atoms with Gasteiger partial charge in [0.15, 0.2) is 0 Å². The van der Waals surface area contributed by atoms with Gasteiger partial charge in [-0.1, -0.05) is 44.2 Å². The van der Waals surface area contributed by atoms with Crippen molar-refractivity contribution < 1.29 is 34.2 Å². The van der Waals surface area contributed by atoms with E-state index in [0.717, 1.165) is 5.56 Å². The molecule has 0 radical (unpaired) electrons. The van der Waals surface area contributed by atoms with Crippen LogP contribution in [0.15, 0.2) is 30.3 Å². The molecule has 4 atom stereocenters. The normalized spacial score (nSPS) is 14.4. The zero-order valence-electron chi connectivity index (χ0n) is 19.1. The van der Waals surface area contributed by atoms with Crippen LogP contribution < -0.4 is 21.7 Å². The van der Waals surface area contributed by atoms with Gasteiger partial charge in [0.1, 0.15) is 18.1 Å². The van der Waals surface area contributed by atoms with E-state index in [0.29, 0.717) is 0 Å². The second kappa shape index (κ2) is 14.2. The summed E-state index contributed by atoms with van der Waals surface area (Å²) in [6, 6.07) is 4.59. The van der Waals surface area contributed by atoms with Gasteiger partial charge in [0.05, 0.1) is 6.04 Å². The van der Waals surface area contributed by atoms with Crippen LogP contribution in [-0.4, -0.2) is 69.8 Å². The van der Waals surface area contributed by atoms with Crippen LogP contribution >= 0.6 is 12.6 Å². The predicted molar refractivity (Wildman–Crippen MR) is 127 cm³/mol. The Balaban J connectivity index is 2.79. The molecule has 0 heterocycles. The number of carboxylic acid groups (broad SMARTS) is 2. The standard InChI is InChI=1S/C22H32N4O7S/c1-12(2)18(26-19(29)14(23)10-13-6-4-3-5-7-13)21(31)25-16(11-34)20(30)24-15(22(32)33)8-9-17(27)28/h3-7,12,14-16,18,34H,8-11,23H2,1-2H3,(H,24,30)(H,25,31)(H,26,29)(H,27,28)(H,32,33). The Bertz CT molecular complexity index is 866. The van der Waals surface area contributed by atoms with Gasteiger partial charge in [-0.15, -0.1) is 0 Å². The molecule has 11 nitrogen and oxygen atoms in total. The van der Waals surface area contributed by atoms with E-state index in [1.165, 1.54) is 0 Å². The first-order valence-corrected chi connectivity index (χ1v) is 11.4. The predicted octanol–water partition coefficient (Wildman–Crippen LogP) is -0.454. The van der Waals surface area contributed by atoms with E-state index in [1.54, 1.807) is 13.8 Å². The molecule has 1 rings (SSSR count). The monoisotopic (exact) mass is 496 g/mol. The Kier molecular flexibility index (Phi) is 12.1. The number of hydrogen-bond acceptors (Lipinski definition) is 7. The fraction of sp³-hybridized carbons (Fsp3) is 0.500. The van der Waals surface area contributed by atoms with E-state index in [2.05, 4.69) is 28.6 Å². The summed E-state index contributed by atoms with van der Waals surface area (Å²) in [5.74, 6) is -5.16. The van der Waals surface area contributed by atoms with Gasteiger partial charge in [-0.3, -0.25) is 19.2 Å². The minimum absolute atomic E-state index is 0.158. The lowest BCUT2D eigenvalue weighted by atomic mass is 10.0. The largest absolute Gasteiger partial charge is 0.481 e. The van der Waals surface area contributed by atoms with Gasteiger partial charge < -0.3 is 31.9 Å². The molecule has 188 valence electrons. The smallest absolute Gasteiger partial charge is 0.326 e. The Morgan fingerprint density at radius 3 is 2.00 bits per heavy atom. The van der Waals surface area contributed by atoms with Crippen molar-refractivity contribution in [3.63, 3.8) is 0 Å². The van der Waals surface area contributed by atoms with Gasteiger partial charge in [-0.25, -0.2) is 4.79 Å². The van der Waals surface area contributed by atoms with Crippen LogP contribution in [0.4, 0.5) is 0 Å². The first-order chi connectivity index (χ1) is 16.0. The molecule has 1 aromatic rings.